The first-order valence-electron chi connectivity index (χ1n) is 7.41. The molecule has 3 aromatic rings. The van der Waals surface area contributed by atoms with Crippen molar-refractivity contribution in [2.24, 2.45) is 5.73 Å². The van der Waals surface area contributed by atoms with Crippen LogP contribution in [0.25, 0.3) is 10.8 Å². The molecule has 0 bridgehead atoms. The Hall–Kier alpha value is -2.68. The lowest BCUT2D eigenvalue weighted by Gasteiger charge is -2.15. The maximum atomic E-state index is 12.2. The monoisotopic (exact) mass is 288 g/mol. The van der Waals surface area contributed by atoms with Gasteiger partial charge < -0.3 is 5.73 Å². The molecule has 0 aliphatic heterocycles. The molecule has 1 aliphatic rings. The van der Waals surface area contributed by atoms with Crippen molar-refractivity contribution < 1.29 is 4.79 Å². The van der Waals surface area contributed by atoms with Gasteiger partial charge in [-0.25, -0.2) is 0 Å². The van der Waals surface area contributed by atoms with Crippen molar-refractivity contribution in [3.63, 3.8) is 0 Å². The Kier molecular flexibility index (Phi) is 2.76. The zero-order valence-electron chi connectivity index (χ0n) is 12.1. The van der Waals surface area contributed by atoms with E-state index in [9.17, 15) is 4.79 Å². The van der Waals surface area contributed by atoms with Gasteiger partial charge >= 0.3 is 0 Å². The van der Waals surface area contributed by atoms with Crippen molar-refractivity contribution in [1.82, 2.24) is 4.98 Å². The second-order valence-corrected chi connectivity index (χ2v) is 5.94. The maximum absolute atomic E-state index is 12.2. The van der Waals surface area contributed by atoms with Crippen LogP contribution in [0.1, 0.15) is 23.5 Å². The van der Waals surface area contributed by atoms with E-state index in [1.54, 1.807) is 6.20 Å². The van der Waals surface area contributed by atoms with E-state index in [1.165, 1.54) is 5.56 Å². The number of carbonyl (C=O) groups excluding carboxylic acids is 1. The summed E-state index contributed by atoms with van der Waals surface area (Å²) < 4.78 is 0. The lowest BCUT2D eigenvalue weighted by Crippen LogP contribution is -2.30. The first-order valence-corrected chi connectivity index (χ1v) is 7.41. The summed E-state index contributed by atoms with van der Waals surface area (Å²) in [6.45, 7) is 0. The fourth-order valence-corrected chi connectivity index (χ4v) is 3.45. The molecule has 0 spiro atoms. The number of fused-ring (bicyclic) bond motifs is 1. The Morgan fingerprint density at radius 1 is 1.09 bits per heavy atom. The minimum absolute atomic E-state index is 0.172. The molecule has 1 aromatic heterocycles. The van der Waals surface area contributed by atoms with Crippen LogP contribution in [0.5, 0.6) is 0 Å². The molecule has 0 radical (unpaired) electrons. The van der Waals surface area contributed by atoms with Gasteiger partial charge in [0.25, 0.3) is 0 Å². The molecule has 0 saturated heterocycles. The van der Waals surface area contributed by atoms with Crippen LogP contribution >= 0.6 is 0 Å². The highest BCUT2D eigenvalue weighted by Crippen LogP contribution is 2.60. The number of pyridine rings is 1. The largest absolute Gasteiger partial charge is 0.369 e. The first-order chi connectivity index (χ1) is 10.7. The van der Waals surface area contributed by atoms with Crippen LogP contribution < -0.4 is 5.73 Å². The fraction of sp³-hybridized carbons (Fsp3) is 0.158. The van der Waals surface area contributed by atoms with Crippen molar-refractivity contribution in [1.29, 1.82) is 0 Å². The highest BCUT2D eigenvalue weighted by atomic mass is 16.1. The van der Waals surface area contributed by atoms with Gasteiger partial charge in [0, 0.05) is 23.7 Å². The molecule has 1 saturated carbocycles. The number of nitrogens with two attached hydrogens (primary N) is 1. The number of hydrogen-bond acceptors (Lipinski definition) is 2. The molecular weight excluding hydrogens is 272 g/mol. The van der Waals surface area contributed by atoms with Gasteiger partial charge in [0.05, 0.1) is 5.41 Å². The van der Waals surface area contributed by atoms with E-state index in [-0.39, 0.29) is 11.8 Å². The number of carbonyl (C=O) groups is 1. The predicted molar refractivity (Wildman–Crippen MR) is 86.4 cm³/mol. The van der Waals surface area contributed by atoms with Crippen molar-refractivity contribution in [3.8, 4) is 0 Å². The summed E-state index contributed by atoms with van der Waals surface area (Å²) in [4.78, 5) is 16.3. The average molecular weight is 288 g/mol. The minimum Gasteiger partial charge on any atom is -0.369 e. The summed E-state index contributed by atoms with van der Waals surface area (Å²) in [5, 5.41) is 2.16. The molecule has 2 N–H and O–H groups in total. The van der Waals surface area contributed by atoms with Gasteiger partial charge in [0.2, 0.25) is 5.91 Å². The zero-order valence-corrected chi connectivity index (χ0v) is 12.1. The molecule has 1 heterocycles. The fourth-order valence-electron chi connectivity index (χ4n) is 3.45. The summed E-state index contributed by atoms with van der Waals surface area (Å²) in [7, 11) is 0. The Labute approximate surface area is 128 Å². The van der Waals surface area contributed by atoms with Gasteiger partial charge in [0.1, 0.15) is 0 Å². The van der Waals surface area contributed by atoms with E-state index < -0.39 is 5.41 Å². The molecule has 2 aromatic carbocycles. The normalized spacial score (nSPS) is 23.4. The molecule has 22 heavy (non-hydrogen) atoms. The van der Waals surface area contributed by atoms with Crippen LogP contribution in [0.4, 0.5) is 0 Å². The number of hydrogen-bond donors (Lipinski definition) is 1. The molecule has 1 fully saturated rings. The number of nitrogens with zero attached hydrogens (tertiary/aromatic N) is 1. The lowest BCUT2D eigenvalue weighted by atomic mass is 9.89. The third-order valence-electron chi connectivity index (χ3n) is 4.76. The van der Waals surface area contributed by atoms with Crippen LogP contribution in [0.2, 0.25) is 0 Å². The smallest absolute Gasteiger partial charge is 0.228 e. The third kappa shape index (κ3) is 1.82. The maximum Gasteiger partial charge on any atom is 0.228 e. The molecular formula is C19H16N2O. The molecule has 2 unspecified atom stereocenters. The molecule has 4 rings (SSSR count). The Morgan fingerprint density at radius 2 is 1.91 bits per heavy atom. The van der Waals surface area contributed by atoms with Gasteiger partial charge in [-0.3, -0.25) is 9.78 Å². The van der Waals surface area contributed by atoms with E-state index in [4.69, 9.17) is 5.73 Å². The summed E-state index contributed by atoms with van der Waals surface area (Å²) in [5.41, 5.74) is 7.40. The number of rotatable bonds is 3. The molecule has 3 heteroatoms. The molecule has 108 valence electrons. The number of benzene rings is 2. The lowest BCUT2D eigenvalue weighted by molar-refractivity contribution is -0.120. The van der Waals surface area contributed by atoms with Crippen LogP contribution in [-0.2, 0) is 10.2 Å². The predicted octanol–water partition coefficient (Wildman–Crippen LogP) is 3.15. The van der Waals surface area contributed by atoms with E-state index in [1.807, 2.05) is 42.6 Å². The quantitative estimate of drug-likeness (QED) is 0.805. The van der Waals surface area contributed by atoms with Crippen molar-refractivity contribution >= 4 is 16.7 Å². The summed E-state index contributed by atoms with van der Waals surface area (Å²) in [5.74, 6) is -0.0692. The standard InChI is InChI=1S/C19H16N2O/c20-18(22)19(11-17(19)13-4-2-1-3-5-13)16-7-6-15-12-21-9-8-14(15)10-16/h1-10,12,17H,11H2,(H2,20,22). The van der Waals surface area contributed by atoms with Gasteiger partial charge in [-0.05, 0) is 35.1 Å². The molecule has 1 aliphatic carbocycles. The second kappa shape index (κ2) is 4.67. The van der Waals surface area contributed by atoms with Gasteiger partial charge in [-0.2, -0.15) is 0 Å². The van der Waals surface area contributed by atoms with Crippen molar-refractivity contribution in [2.75, 3.05) is 0 Å². The average Bonchev–Trinajstić information content (AvgIpc) is 3.32. The number of amides is 1. The minimum atomic E-state index is -0.571. The number of primary amides is 1. The van der Waals surface area contributed by atoms with Crippen LogP contribution in [0.15, 0.2) is 67.0 Å². The highest BCUT2D eigenvalue weighted by Gasteiger charge is 2.60. The summed E-state index contributed by atoms with van der Waals surface area (Å²) in [6.07, 6.45) is 4.38. The van der Waals surface area contributed by atoms with Gasteiger partial charge in [0.15, 0.2) is 0 Å². The second-order valence-electron chi connectivity index (χ2n) is 5.94. The Balaban J connectivity index is 1.81. The summed E-state index contributed by atoms with van der Waals surface area (Å²) in [6, 6.07) is 18.2. The molecule has 2 atom stereocenters. The van der Waals surface area contributed by atoms with E-state index >= 15 is 0 Å². The van der Waals surface area contributed by atoms with E-state index in [0.29, 0.717) is 0 Å². The molecule has 3 nitrogen and oxygen atoms in total. The molecule has 1 amide bonds. The first kappa shape index (κ1) is 13.0. The number of aromatic nitrogens is 1. The Morgan fingerprint density at radius 3 is 2.68 bits per heavy atom. The van der Waals surface area contributed by atoms with Crippen LogP contribution in [-0.4, -0.2) is 10.9 Å². The van der Waals surface area contributed by atoms with Crippen molar-refractivity contribution in [3.05, 3.63) is 78.1 Å². The zero-order chi connectivity index (χ0) is 15.2. The topological polar surface area (TPSA) is 56.0 Å². The SMILES string of the molecule is NC(=O)C1(c2ccc3cnccc3c2)CC1c1ccccc1. The van der Waals surface area contributed by atoms with Crippen LogP contribution in [0, 0.1) is 0 Å². The van der Waals surface area contributed by atoms with Gasteiger partial charge in [-0.15, -0.1) is 0 Å². The third-order valence-corrected chi connectivity index (χ3v) is 4.76. The summed E-state index contributed by atoms with van der Waals surface area (Å²) >= 11 is 0. The van der Waals surface area contributed by atoms with Crippen LogP contribution in [0.3, 0.4) is 0 Å². The highest BCUT2D eigenvalue weighted by molar-refractivity contribution is 5.94. The van der Waals surface area contributed by atoms with E-state index in [2.05, 4.69) is 23.2 Å². The van der Waals surface area contributed by atoms with E-state index in [0.717, 1.165) is 22.8 Å². The van der Waals surface area contributed by atoms with Crippen molar-refractivity contribution in [2.45, 2.75) is 17.8 Å². The Bertz CT molecular complexity index is 859. The van der Waals surface area contributed by atoms with Gasteiger partial charge in [-0.1, -0.05) is 42.5 Å².